The van der Waals surface area contributed by atoms with Gasteiger partial charge in [-0.2, -0.15) is 11.8 Å². The van der Waals surface area contributed by atoms with E-state index in [0.29, 0.717) is 12.6 Å². The number of Topliss-reactive ketones (excluding diaryl/α,β-unsaturated/α-hetero) is 1. The lowest BCUT2D eigenvalue weighted by atomic mass is 10.1. The van der Waals surface area contributed by atoms with Crippen molar-refractivity contribution in [3.05, 3.63) is 36.0 Å². The van der Waals surface area contributed by atoms with Crippen molar-refractivity contribution in [2.75, 3.05) is 25.6 Å². The van der Waals surface area contributed by atoms with Crippen LogP contribution in [0.3, 0.4) is 0 Å². The minimum Gasteiger partial charge on any atom is -0.360 e. The molecule has 1 heterocycles. The molecule has 0 aliphatic carbocycles. The second kappa shape index (κ2) is 6.95. The molecule has 0 aliphatic heterocycles. The van der Waals surface area contributed by atoms with Gasteiger partial charge in [0.15, 0.2) is 5.78 Å². The highest BCUT2D eigenvalue weighted by Crippen LogP contribution is 2.19. The number of aromatic nitrogens is 1. The zero-order valence-corrected chi connectivity index (χ0v) is 13.2. The van der Waals surface area contributed by atoms with Crippen molar-refractivity contribution >= 4 is 28.4 Å². The van der Waals surface area contributed by atoms with Gasteiger partial charge in [-0.3, -0.25) is 9.69 Å². The quantitative estimate of drug-likeness (QED) is 0.794. The number of H-pyrrole nitrogens is 1. The molecule has 0 radical (unpaired) electrons. The van der Waals surface area contributed by atoms with Crippen molar-refractivity contribution in [2.24, 2.45) is 0 Å². The van der Waals surface area contributed by atoms with E-state index in [4.69, 9.17) is 0 Å². The van der Waals surface area contributed by atoms with Crippen molar-refractivity contribution in [1.29, 1.82) is 0 Å². The number of nitrogens with one attached hydrogen (secondary N) is 1. The number of hydrogen-bond donors (Lipinski definition) is 1. The number of fused-ring (bicyclic) bond motifs is 1. The molecule has 2 aromatic rings. The molecule has 1 unspecified atom stereocenters. The lowest BCUT2D eigenvalue weighted by Crippen LogP contribution is -2.37. The van der Waals surface area contributed by atoms with Crippen LogP contribution in [-0.4, -0.2) is 47.3 Å². The van der Waals surface area contributed by atoms with Crippen LogP contribution in [0.5, 0.6) is 0 Å². The van der Waals surface area contributed by atoms with Crippen LogP contribution in [0.15, 0.2) is 30.5 Å². The third-order valence-electron chi connectivity index (χ3n) is 3.74. The highest BCUT2D eigenvalue weighted by Gasteiger charge is 2.18. The highest BCUT2D eigenvalue weighted by atomic mass is 32.2. The number of carbonyl (C=O) groups excluding carboxylic acids is 1. The molecular weight excluding hydrogens is 268 g/mol. The van der Waals surface area contributed by atoms with E-state index in [-0.39, 0.29) is 5.78 Å². The smallest absolute Gasteiger partial charge is 0.178 e. The summed E-state index contributed by atoms with van der Waals surface area (Å²) in [5, 5.41) is 1.02. The number of benzene rings is 1. The Morgan fingerprint density at radius 1 is 1.40 bits per heavy atom. The number of carbonyl (C=O) groups is 1. The van der Waals surface area contributed by atoms with Crippen LogP contribution in [0.1, 0.15) is 23.7 Å². The molecule has 20 heavy (non-hydrogen) atoms. The number of rotatable bonds is 7. The van der Waals surface area contributed by atoms with Crippen molar-refractivity contribution in [2.45, 2.75) is 19.4 Å². The monoisotopic (exact) mass is 290 g/mol. The summed E-state index contributed by atoms with van der Waals surface area (Å²) in [5.41, 5.74) is 1.82. The van der Waals surface area contributed by atoms with Crippen LogP contribution < -0.4 is 0 Å². The lowest BCUT2D eigenvalue weighted by molar-refractivity contribution is 0.0926. The third kappa shape index (κ3) is 3.25. The maximum absolute atomic E-state index is 12.5. The summed E-state index contributed by atoms with van der Waals surface area (Å²) in [4.78, 5) is 17.8. The van der Waals surface area contributed by atoms with Crippen LogP contribution >= 0.6 is 11.8 Å². The van der Waals surface area contributed by atoms with E-state index in [1.165, 1.54) is 0 Å². The van der Waals surface area contributed by atoms with Gasteiger partial charge >= 0.3 is 0 Å². The molecular formula is C16H22N2OS. The Bertz CT molecular complexity index is 579. The summed E-state index contributed by atoms with van der Waals surface area (Å²) in [7, 11) is 2.04. The molecule has 3 nitrogen and oxygen atoms in total. The van der Waals surface area contributed by atoms with Gasteiger partial charge in [0.2, 0.25) is 0 Å². The van der Waals surface area contributed by atoms with E-state index < -0.39 is 0 Å². The van der Waals surface area contributed by atoms with Crippen LogP contribution in [-0.2, 0) is 0 Å². The molecule has 0 bridgehead atoms. The largest absolute Gasteiger partial charge is 0.360 e. The SMILES string of the molecule is CCC(CSC)N(C)CC(=O)c1c[nH]c2ccccc12. The molecule has 0 amide bonds. The summed E-state index contributed by atoms with van der Waals surface area (Å²) < 4.78 is 0. The molecule has 1 N–H and O–H groups in total. The zero-order valence-electron chi connectivity index (χ0n) is 12.3. The Morgan fingerprint density at radius 2 is 2.15 bits per heavy atom. The first-order valence-corrected chi connectivity index (χ1v) is 8.35. The first kappa shape index (κ1) is 15.1. The van der Waals surface area contributed by atoms with Crippen LogP contribution in [0, 0.1) is 0 Å². The van der Waals surface area contributed by atoms with Gasteiger partial charge < -0.3 is 4.98 Å². The third-order valence-corrected chi connectivity index (χ3v) is 4.45. The number of ketones is 1. The number of likely N-dealkylation sites (N-methyl/N-ethyl adjacent to an activating group) is 1. The topological polar surface area (TPSA) is 36.1 Å². The number of aromatic amines is 1. The minimum absolute atomic E-state index is 0.185. The van der Waals surface area contributed by atoms with E-state index in [0.717, 1.165) is 28.6 Å². The molecule has 0 saturated heterocycles. The van der Waals surface area contributed by atoms with Crippen molar-refractivity contribution in [1.82, 2.24) is 9.88 Å². The second-order valence-corrected chi connectivity index (χ2v) is 6.01. The molecule has 108 valence electrons. The van der Waals surface area contributed by atoms with E-state index in [9.17, 15) is 4.79 Å². The summed E-state index contributed by atoms with van der Waals surface area (Å²) in [6.45, 7) is 2.65. The molecule has 4 heteroatoms. The zero-order chi connectivity index (χ0) is 14.5. The molecule has 0 aliphatic rings. The standard InChI is InChI=1S/C16H22N2OS/c1-4-12(11-20-3)18(2)10-16(19)14-9-17-15-8-6-5-7-13(14)15/h5-9,12,17H,4,10-11H2,1-3H3. The normalized spacial score (nSPS) is 13.0. The fourth-order valence-electron chi connectivity index (χ4n) is 2.49. The average Bonchev–Trinajstić information content (AvgIpc) is 2.88. The van der Waals surface area contributed by atoms with Gasteiger partial charge in [0.1, 0.15) is 0 Å². The minimum atomic E-state index is 0.185. The van der Waals surface area contributed by atoms with Gasteiger partial charge in [0.25, 0.3) is 0 Å². The summed E-state index contributed by atoms with van der Waals surface area (Å²) in [5.74, 6) is 1.25. The molecule has 1 aromatic heterocycles. The number of nitrogens with zero attached hydrogens (tertiary/aromatic N) is 1. The molecule has 1 atom stereocenters. The Morgan fingerprint density at radius 3 is 2.85 bits per heavy atom. The first-order valence-electron chi connectivity index (χ1n) is 6.95. The number of para-hydroxylation sites is 1. The Labute approximate surface area is 124 Å². The predicted molar refractivity (Wildman–Crippen MR) is 87.7 cm³/mol. The highest BCUT2D eigenvalue weighted by molar-refractivity contribution is 7.98. The second-order valence-electron chi connectivity index (χ2n) is 5.10. The predicted octanol–water partition coefficient (Wildman–Crippen LogP) is 3.42. The molecule has 0 spiro atoms. The van der Waals surface area contributed by atoms with Gasteiger partial charge in [-0.15, -0.1) is 0 Å². The van der Waals surface area contributed by atoms with E-state index in [1.54, 1.807) is 0 Å². The Hall–Kier alpha value is -1.26. The fourth-order valence-corrected chi connectivity index (χ4v) is 3.37. The maximum atomic E-state index is 12.5. The van der Waals surface area contributed by atoms with Crippen LogP contribution in [0.4, 0.5) is 0 Å². The number of thioether (sulfide) groups is 1. The average molecular weight is 290 g/mol. The van der Waals surface area contributed by atoms with Gasteiger partial charge in [-0.1, -0.05) is 25.1 Å². The summed E-state index contributed by atoms with van der Waals surface area (Å²) in [6, 6.07) is 8.40. The first-order chi connectivity index (χ1) is 9.67. The lowest BCUT2D eigenvalue weighted by Gasteiger charge is -2.25. The maximum Gasteiger partial charge on any atom is 0.178 e. The van der Waals surface area contributed by atoms with Gasteiger partial charge in [-0.25, -0.2) is 0 Å². The molecule has 2 rings (SSSR count). The van der Waals surface area contributed by atoms with E-state index in [1.807, 2.05) is 49.3 Å². The molecule has 0 fully saturated rings. The van der Waals surface area contributed by atoms with E-state index in [2.05, 4.69) is 23.1 Å². The molecule has 0 saturated carbocycles. The van der Waals surface area contributed by atoms with Crippen molar-refractivity contribution in [3.8, 4) is 0 Å². The molecule has 1 aromatic carbocycles. The van der Waals surface area contributed by atoms with Crippen molar-refractivity contribution < 1.29 is 4.79 Å². The Balaban J connectivity index is 2.11. The fraction of sp³-hybridized carbons (Fsp3) is 0.438. The summed E-state index contributed by atoms with van der Waals surface area (Å²) >= 11 is 1.83. The number of hydrogen-bond acceptors (Lipinski definition) is 3. The van der Waals surface area contributed by atoms with Gasteiger partial charge in [-0.05, 0) is 25.8 Å². The van der Waals surface area contributed by atoms with Crippen LogP contribution in [0.2, 0.25) is 0 Å². The summed E-state index contributed by atoms with van der Waals surface area (Å²) in [6.07, 6.45) is 5.01. The Kier molecular flexibility index (Phi) is 5.26. The van der Waals surface area contributed by atoms with Crippen LogP contribution in [0.25, 0.3) is 10.9 Å². The van der Waals surface area contributed by atoms with E-state index >= 15 is 0 Å². The van der Waals surface area contributed by atoms with Crippen molar-refractivity contribution in [3.63, 3.8) is 0 Å². The van der Waals surface area contributed by atoms with Gasteiger partial charge in [0, 0.05) is 34.5 Å². The van der Waals surface area contributed by atoms with Gasteiger partial charge in [0.05, 0.1) is 6.54 Å².